The third-order valence-corrected chi connectivity index (χ3v) is 2.88. The quantitative estimate of drug-likeness (QED) is 0.893. The molecule has 1 aromatic heterocycles. The number of aryl methyl sites for hydroxylation is 2. The molecule has 1 aromatic carbocycles. The fraction of sp³-hybridized carbons (Fsp3) is 0.267. The van der Waals surface area contributed by atoms with E-state index in [1.807, 2.05) is 32.0 Å². The molecule has 3 heteroatoms. The van der Waals surface area contributed by atoms with Crippen molar-refractivity contribution in [1.29, 1.82) is 0 Å². The summed E-state index contributed by atoms with van der Waals surface area (Å²) in [5.74, 6) is -0.189. The topological polar surface area (TPSA) is 24.9 Å². The molecule has 0 spiro atoms. The summed E-state index contributed by atoms with van der Waals surface area (Å²) in [7, 11) is 0. The number of pyridine rings is 1. The van der Waals surface area contributed by atoms with E-state index in [0.717, 1.165) is 22.5 Å². The highest BCUT2D eigenvalue weighted by molar-refractivity contribution is 5.26. The van der Waals surface area contributed by atoms with Gasteiger partial charge in [-0.2, -0.15) is 0 Å². The van der Waals surface area contributed by atoms with Gasteiger partial charge in [0.15, 0.2) is 0 Å². The minimum absolute atomic E-state index is 0.189. The maximum atomic E-state index is 13.1. The predicted octanol–water partition coefficient (Wildman–Crippen LogP) is 3.13. The van der Waals surface area contributed by atoms with E-state index < -0.39 is 0 Å². The van der Waals surface area contributed by atoms with Gasteiger partial charge in [-0.3, -0.25) is 4.98 Å². The van der Waals surface area contributed by atoms with Crippen LogP contribution in [0.2, 0.25) is 0 Å². The average Bonchev–Trinajstić information content (AvgIpc) is 2.34. The van der Waals surface area contributed by atoms with E-state index >= 15 is 0 Å². The van der Waals surface area contributed by atoms with Crippen LogP contribution in [0.25, 0.3) is 0 Å². The van der Waals surface area contributed by atoms with Crippen LogP contribution in [0.15, 0.2) is 36.4 Å². The molecule has 1 N–H and O–H groups in total. The zero-order valence-electron chi connectivity index (χ0n) is 10.7. The molecule has 2 aromatic rings. The van der Waals surface area contributed by atoms with Crippen LogP contribution in [0, 0.1) is 19.7 Å². The smallest absolute Gasteiger partial charge is 0.123 e. The van der Waals surface area contributed by atoms with Crippen molar-refractivity contribution < 1.29 is 4.39 Å². The molecule has 18 heavy (non-hydrogen) atoms. The Labute approximate surface area is 107 Å². The van der Waals surface area contributed by atoms with E-state index in [4.69, 9.17) is 0 Å². The van der Waals surface area contributed by atoms with Crippen LogP contribution in [0.1, 0.15) is 22.5 Å². The molecular formula is C15H17FN2. The van der Waals surface area contributed by atoms with Crippen LogP contribution in [-0.2, 0) is 13.1 Å². The largest absolute Gasteiger partial charge is 0.307 e. The normalized spacial score (nSPS) is 10.6. The average molecular weight is 244 g/mol. The summed E-state index contributed by atoms with van der Waals surface area (Å²) >= 11 is 0. The number of nitrogens with zero attached hydrogens (tertiary/aromatic N) is 1. The summed E-state index contributed by atoms with van der Waals surface area (Å²) in [6.07, 6.45) is 0. The molecule has 0 fully saturated rings. The Kier molecular flexibility index (Phi) is 4.05. The molecule has 2 nitrogen and oxygen atoms in total. The number of hydrogen-bond donors (Lipinski definition) is 1. The van der Waals surface area contributed by atoms with Gasteiger partial charge in [0, 0.05) is 18.8 Å². The summed E-state index contributed by atoms with van der Waals surface area (Å²) in [5.41, 5.74) is 4.10. The SMILES string of the molecule is Cc1cccc(CNCc2cc(F)ccc2C)n1. The molecule has 0 aliphatic heterocycles. The number of rotatable bonds is 4. The van der Waals surface area contributed by atoms with Crippen LogP contribution >= 0.6 is 0 Å². The van der Waals surface area contributed by atoms with E-state index in [1.54, 1.807) is 12.1 Å². The molecule has 0 saturated carbocycles. The fourth-order valence-electron chi connectivity index (χ4n) is 1.85. The van der Waals surface area contributed by atoms with Crippen LogP contribution in [0.5, 0.6) is 0 Å². The predicted molar refractivity (Wildman–Crippen MR) is 70.7 cm³/mol. The monoisotopic (exact) mass is 244 g/mol. The van der Waals surface area contributed by atoms with Crippen molar-refractivity contribution in [3.05, 3.63) is 64.7 Å². The van der Waals surface area contributed by atoms with Gasteiger partial charge in [-0.1, -0.05) is 12.1 Å². The lowest BCUT2D eigenvalue weighted by Crippen LogP contribution is -2.14. The first-order valence-electron chi connectivity index (χ1n) is 6.03. The van der Waals surface area contributed by atoms with Crippen molar-refractivity contribution in [2.45, 2.75) is 26.9 Å². The van der Waals surface area contributed by atoms with Gasteiger partial charge in [0.2, 0.25) is 0 Å². The molecule has 0 saturated heterocycles. The summed E-state index contributed by atoms with van der Waals surface area (Å²) < 4.78 is 13.1. The van der Waals surface area contributed by atoms with E-state index in [1.165, 1.54) is 6.07 Å². The number of aromatic nitrogens is 1. The minimum Gasteiger partial charge on any atom is -0.307 e. The Hall–Kier alpha value is -1.74. The molecule has 0 radical (unpaired) electrons. The molecule has 94 valence electrons. The van der Waals surface area contributed by atoms with E-state index in [2.05, 4.69) is 10.3 Å². The lowest BCUT2D eigenvalue weighted by Gasteiger charge is -2.08. The van der Waals surface area contributed by atoms with Crippen molar-refractivity contribution in [2.75, 3.05) is 0 Å². The lowest BCUT2D eigenvalue weighted by molar-refractivity contribution is 0.618. The third-order valence-electron chi connectivity index (χ3n) is 2.88. The molecule has 0 amide bonds. The summed E-state index contributed by atoms with van der Waals surface area (Å²) in [6, 6.07) is 10.8. The van der Waals surface area contributed by atoms with Crippen molar-refractivity contribution >= 4 is 0 Å². The first-order chi connectivity index (χ1) is 8.65. The Morgan fingerprint density at radius 2 is 1.94 bits per heavy atom. The second-order valence-electron chi connectivity index (χ2n) is 4.44. The molecule has 0 aliphatic carbocycles. The number of benzene rings is 1. The summed E-state index contributed by atoms with van der Waals surface area (Å²) in [5, 5.41) is 3.28. The Bertz CT molecular complexity index is 538. The number of nitrogens with one attached hydrogen (secondary N) is 1. The standard InChI is InChI=1S/C15H17FN2/c1-11-6-7-14(16)8-13(11)9-17-10-15-5-3-4-12(2)18-15/h3-8,17H,9-10H2,1-2H3. The molecule has 0 bridgehead atoms. The molecule has 0 atom stereocenters. The second kappa shape index (κ2) is 5.74. The van der Waals surface area contributed by atoms with Gasteiger partial charge in [-0.15, -0.1) is 0 Å². The van der Waals surface area contributed by atoms with Gasteiger partial charge < -0.3 is 5.32 Å². The van der Waals surface area contributed by atoms with Gasteiger partial charge in [-0.05, 0) is 49.2 Å². The Balaban J connectivity index is 1.94. The van der Waals surface area contributed by atoms with Gasteiger partial charge in [0.1, 0.15) is 5.82 Å². The van der Waals surface area contributed by atoms with Gasteiger partial charge >= 0.3 is 0 Å². The van der Waals surface area contributed by atoms with Gasteiger partial charge in [-0.25, -0.2) is 4.39 Å². The maximum absolute atomic E-state index is 13.1. The fourth-order valence-corrected chi connectivity index (χ4v) is 1.85. The molecule has 2 rings (SSSR count). The molecule has 0 aliphatic rings. The van der Waals surface area contributed by atoms with E-state index in [9.17, 15) is 4.39 Å². The van der Waals surface area contributed by atoms with Crippen molar-refractivity contribution in [2.24, 2.45) is 0 Å². The number of hydrogen-bond acceptors (Lipinski definition) is 2. The first-order valence-corrected chi connectivity index (χ1v) is 6.03. The van der Waals surface area contributed by atoms with Crippen LogP contribution in [-0.4, -0.2) is 4.98 Å². The molecule has 0 unspecified atom stereocenters. The van der Waals surface area contributed by atoms with Crippen LogP contribution in [0.4, 0.5) is 4.39 Å². The highest BCUT2D eigenvalue weighted by Gasteiger charge is 2.01. The second-order valence-corrected chi connectivity index (χ2v) is 4.44. The zero-order valence-corrected chi connectivity index (χ0v) is 10.7. The van der Waals surface area contributed by atoms with Crippen molar-refractivity contribution in [3.8, 4) is 0 Å². The highest BCUT2D eigenvalue weighted by Crippen LogP contribution is 2.10. The first kappa shape index (κ1) is 12.7. The summed E-state index contributed by atoms with van der Waals surface area (Å²) in [6.45, 7) is 5.30. The molecule has 1 heterocycles. The summed E-state index contributed by atoms with van der Waals surface area (Å²) in [4.78, 5) is 4.41. The minimum atomic E-state index is -0.189. The number of halogens is 1. The third kappa shape index (κ3) is 3.37. The van der Waals surface area contributed by atoms with Crippen molar-refractivity contribution in [3.63, 3.8) is 0 Å². The lowest BCUT2D eigenvalue weighted by atomic mass is 10.1. The van der Waals surface area contributed by atoms with Gasteiger partial charge in [0.25, 0.3) is 0 Å². The van der Waals surface area contributed by atoms with Crippen LogP contribution in [0.3, 0.4) is 0 Å². The van der Waals surface area contributed by atoms with E-state index in [0.29, 0.717) is 13.1 Å². The van der Waals surface area contributed by atoms with Gasteiger partial charge in [0.05, 0.1) is 5.69 Å². The Morgan fingerprint density at radius 1 is 1.11 bits per heavy atom. The Morgan fingerprint density at radius 3 is 2.72 bits per heavy atom. The van der Waals surface area contributed by atoms with Crippen molar-refractivity contribution in [1.82, 2.24) is 10.3 Å². The molecular weight excluding hydrogens is 227 g/mol. The highest BCUT2D eigenvalue weighted by atomic mass is 19.1. The zero-order chi connectivity index (χ0) is 13.0. The van der Waals surface area contributed by atoms with Crippen LogP contribution < -0.4 is 5.32 Å². The van der Waals surface area contributed by atoms with E-state index in [-0.39, 0.29) is 5.82 Å². The maximum Gasteiger partial charge on any atom is 0.123 e.